The summed E-state index contributed by atoms with van der Waals surface area (Å²) in [5.41, 5.74) is 1.41. The Labute approximate surface area is 96.7 Å². The van der Waals surface area contributed by atoms with Crippen LogP contribution in [0.3, 0.4) is 0 Å². The predicted octanol–water partition coefficient (Wildman–Crippen LogP) is 2.22. The van der Waals surface area contributed by atoms with Crippen LogP contribution in [0.5, 0.6) is 0 Å². The number of nitro groups is 1. The van der Waals surface area contributed by atoms with E-state index >= 15 is 0 Å². The van der Waals surface area contributed by atoms with Crippen LogP contribution in [0, 0.1) is 10.1 Å². The van der Waals surface area contributed by atoms with Crippen LogP contribution in [0.2, 0.25) is 0 Å². The molecule has 1 aromatic heterocycles. The Morgan fingerprint density at radius 3 is 2.67 bits per heavy atom. The highest BCUT2D eigenvalue weighted by atomic mass is 79.9. The first-order valence-corrected chi connectivity index (χ1v) is 5.72. The van der Waals surface area contributed by atoms with Gasteiger partial charge in [0.25, 0.3) is 0 Å². The molecule has 0 saturated heterocycles. The Morgan fingerprint density at radius 2 is 2.27 bits per heavy atom. The van der Waals surface area contributed by atoms with Gasteiger partial charge in [-0.25, -0.2) is 0 Å². The average molecular weight is 276 g/mol. The van der Waals surface area contributed by atoms with Crippen molar-refractivity contribution in [1.82, 2.24) is 9.78 Å². The number of hydrogen-bond acceptors (Lipinski definition) is 3. The lowest BCUT2D eigenvalue weighted by Crippen LogP contribution is -2.06. The van der Waals surface area contributed by atoms with Crippen LogP contribution < -0.4 is 0 Å². The van der Waals surface area contributed by atoms with Gasteiger partial charge in [-0.05, 0) is 6.42 Å². The van der Waals surface area contributed by atoms with Gasteiger partial charge in [0.2, 0.25) is 0 Å². The van der Waals surface area contributed by atoms with Crippen molar-refractivity contribution in [2.45, 2.75) is 31.5 Å². The number of aromatic nitrogens is 2. The van der Waals surface area contributed by atoms with Crippen molar-refractivity contribution in [3.8, 4) is 0 Å². The smallest absolute Gasteiger partial charge is 0.265 e. The molecule has 1 aromatic rings. The molecule has 0 aromatic carbocycles. The first kappa shape index (κ1) is 12.2. The normalized spacial score (nSPS) is 12.8. The second kappa shape index (κ2) is 4.74. The van der Waals surface area contributed by atoms with Crippen molar-refractivity contribution in [2.75, 3.05) is 0 Å². The second-order valence-corrected chi connectivity index (χ2v) is 5.02. The third-order valence-corrected chi connectivity index (χ3v) is 2.52. The molecule has 0 saturated carbocycles. The monoisotopic (exact) mass is 275 g/mol. The summed E-state index contributed by atoms with van der Waals surface area (Å²) in [4.78, 5) is 10.8. The summed E-state index contributed by atoms with van der Waals surface area (Å²) in [6, 6.07) is 0. The lowest BCUT2D eigenvalue weighted by Gasteiger charge is -2.02. The Bertz CT molecular complexity index is 374. The van der Waals surface area contributed by atoms with E-state index in [1.165, 1.54) is 0 Å². The standard InChI is InChI=1S/C9H14BrN3O2/c1-4-7-9(13(14)15)8(5-6(2)10)12(3)11-7/h6H,4-5H2,1-3H3. The maximum atomic E-state index is 10.9. The summed E-state index contributed by atoms with van der Waals surface area (Å²) in [7, 11) is 1.75. The Morgan fingerprint density at radius 1 is 1.67 bits per heavy atom. The molecule has 15 heavy (non-hydrogen) atoms. The molecule has 84 valence electrons. The van der Waals surface area contributed by atoms with Crippen LogP contribution in [0.4, 0.5) is 5.69 Å². The van der Waals surface area contributed by atoms with E-state index in [-0.39, 0.29) is 15.4 Å². The molecule has 0 N–H and O–H groups in total. The van der Waals surface area contributed by atoms with Crippen molar-refractivity contribution in [3.05, 3.63) is 21.5 Å². The summed E-state index contributed by atoms with van der Waals surface area (Å²) in [5.74, 6) is 0. The van der Waals surface area contributed by atoms with E-state index in [1.54, 1.807) is 11.7 Å². The fraction of sp³-hybridized carbons (Fsp3) is 0.667. The molecule has 5 nitrogen and oxygen atoms in total. The zero-order chi connectivity index (χ0) is 11.6. The van der Waals surface area contributed by atoms with Gasteiger partial charge >= 0.3 is 5.69 Å². The van der Waals surface area contributed by atoms with Gasteiger partial charge < -0.3 is 0 Å². The first-order valence-electron chi connectivity index (χ1n) is 4.80. The van der Waals surface area contributed by atoms with Gasteiger partial charge in [-0.15, -0.1) is 0 Å². The highest BCUT2D eigenvalue weighted by molar-refractivity contribution is 9.09. The van der Waals surface area contributed by atoms with Crippen LogP contribution in [-0.2, 0) is 19.9 Å². The van der Waals surface area contributed by atoms with Gasteiger partial charge in [0.05, 0.1) is 4.92 Å². The second-order valence-electron chi connectivity index (χ2n) is 3.46. The summed E-state index contributed by atoms with van der Waals surface area (Å²) >= 11 is 3.40. The molecular formula is C9H14BrN3O2. The predicted molar refractivity (Wildman–Crippen MR) is 61.3 cm³/mol. The van der Waals surface area contributed by atoms with Gasteiger partial charge in [0, 0.05) is 18.3 Å². The summed E-state index contributed by atoms with van der Waals surface area (Å²) in [5, 5.41) is 15.1. The molecule has 0 fully saturated rings. The van der Waals surface area contributed by atoms with E-state index in [1.807, 2.05) is 13.8 Å². The van der Waals surface area contributed by atoms with Crippen molar-refractivity contribution < 1.29 is 4.92 Å². The number of hydrogen-bond donors (Lipinski definition) is 0. The number of nitrogens with zero attached hydrogens (tertiary/aromatic N) is 3. The number of alkyl halides is 1. The summed E-state index contributed by atoms with van der Waals surface area (Å²) in [6.07, 6.45) is 1.20. The lowest BCUT2D eigenvalue weighted by molar-refractivity contribution is -0.386. The van der Waals surface area contributed by atoms with Gasteiger partial charge in [-0.1, -0.05) is 29.8 Å². The molecule has 1 atom stereocenters. The fourth-order valence-corrected chi connectivity index (χ4v) is 1.86. The minimum Gasteiger partial charge on any atom is -0.265 e. The molecule has 6 heteroatoms. The molecule has 1 rings (SSSR count). The minimum atomic E-state index is -0.337. The highest BCUT2D eigenvalue weighted by Crippen LogP contribution is 2.25. The van der Waals surface area contributed by atoms with Crippen LogP contribution >= 0.6 is 15.9 Å². The zero-order valence-corrected chi connectivity index (χ0v) is 10.6. The Balaban J connectivity index is 3.22. The van der Waals surface area contributed by atoms with E-state index < -0.39 is 0 Å². The molecule has 0 aliphatic heterocycles. The quantitative estimate of drug-likeness (QED) is 0.481. The molecular weight excluding hydrogens is 262 g/mol. The Hall–Kier alpha value is -0.910. The van der Waals surface area contributed by atoms with E-state index in [2.05, 4.69) is 21.0 Å². The largest absolute Gasteiger partial charge is 0.313 e. The van der Waals surface area contributed by atoms with Crippen molar-refractivity contribution in [1.29, 1.82) is 0 Å². The van der Waals surface area contributed by atoms with Gasteiger partial charge in [-0.3, -0.25) is 14.8 Å². The van der Waals surface area contributed by atoms with Crippen molar-refractivity contribution >= 4 is 21.6 Å². The topological polar surface area (TPSA) is 61.0 Å². The maximum absolute atomic E-state index is 10.9. The molecule has 1 unspecified atom stereocenters. The molecule has 0 aliphatic carbocycles. The zero-order valence-electron chi connectivity index (χ0n) is 9.03. The van der Waals surface area contributed by atoms with E-state index in [0.717, 1.165) is 0 Å². The van der Waals surface area contributed by atoms with Crippen LogP contribution in [-0.4, -0.2) is 19.5 Å². The summed E-state index contributed by atoms with van der Waals surface area (Å²) < 4.78 is 1.61. The average Bonchev–Trinajstić information content (AvgIpc) is 2.42. The van der Waals surface area contributed by atoms with E-state index in [9.17, 15) is 10.1 Å². The third-order valence-electron chi connectivity index (χ3n) is 2.20. The fourth-order valence-electron chi connectivity index (χ4n) is 1.55. The molecule has 0 bridgehead atoms. The SMILES string of the molecule is CCc1nn(C)c(CC(C)Br)c1[N+](=O)[O-]. The lowest BCUT2D eigenvalue weighted by atomic mass is 10.2. The van der Waals surface area contributed by atoms with E-state index in [4.69, 9.17) is 0 Å². The van der Waals surface area contributed by atoms with Gasteiger partial charge in [0.15, 0.2) is 0 Å². The Kier molecular flexibility index (Phi) is 3.84. The van der Waals surface area contributed by atoms with Crippen LogP contribution in [0.15, 0.2) is 0 Å². The molecule has 0 amide bonds. The number of rotatable bonds is 4. The minimum absolute atomic E-state index is 0.173. The molecule has 1 heterocycles. The van der Waals surface area contributed by atoms with E-state index in [0.29, 0.717) is 24.2 Å². The summed E-state index contributed by atoms with van der Waals surface area (Å²) in [6.45, 7) is 3.83. The van der Waals surface area contributed by atoms with Crippen LogP contribution in [0.1, 0.15) is 25.2 Å². The van der Waals surface area contributed by atoms with Crippen molar-refractivity contribution in [2.24, 2.45) is 7.05 Å². The van der Waals surface area contributed by atoms with Crippen molar-refractivity contribution in [3.63, 3.8) is 0 Å². The molecule has 0 radical (unpaired) electrons. The maximum Gasteiger partial charge on any atom is 0.313 e. The van der Waals surface area contributed by atoms with Crippen LogP contribution in [0.25, 0.3) is 0 Å². The number of aryl methyl sites for hydroxylation is 2. The third kappa shape index (κ3) is 2.56. The van der Waals surface area contributed by atoms with Gasteiger partial charge in [-0.2, -0.15) is 5.10 Å². The highest BCUT2D eigenvalue weighted by Gasteiger charge is 2.25. The molecule has 0 aliphatic rings. The number of halogens is 1. The van der Waals surface area contributed by atoms with Gasteiger partial charge in [0.1, 0.15) is 11.4 Å². The molecule has 0 spiro atoms. The first-order chi connectivity index (χ1) is 6.97.